The monoisotopic (exact) mass is 438 g/mol. The molecule has 0 spiro atoms. The Hall–Kier alpha value is -2.21. The lowest BCUT2D eigenvalue weighted by atomic mass is 9.95. The summed E-state index contributed by atoms with van der Waals surface area (Å²) in [5, 5.41) is 7.28. The third kappa shape index (κ3) is 5.00. The van der Waals surface area contributed by atoms with Crippen LogP contribution in [0.2, 0.25) is 5.02 Å². The van der Waals surface area contributed by atoms with Gasteiger partial charge in [-0.25, -0.2) is 5.01 Å². The highest BCUT2D eigenvalue weighted by Gasteiger charge is 2.34. The van der Waals surface area contributed by atoms with E-state index >= 15 is 0 Å². The van der Waals surface area contributed by atoms with Crippen molar-refractivity contribution in [2.45, 2.75) is 33.2 Å². The number of nitrogens with zero attached hydrogens (tertiary/aromatic N) is 4. The number of carbonyl (C=O) groups excluding carboxylic acids is 1. The van der Waals surface area contributed by atoms with Gasteiger partial charge in [0.2, 0.25) is 0 Å². The van der Waals surface area contributed by atoms with Crippen LogP contribution >= 0.6 is 11.6 Å². The van der Waals surface area contributed by atoms with E-state index in [-0.39, 0.29) is 11.9 Å². The summed E-state index contributed by atoms with van der Waals surface area (Å²) < 4.78 is 0. The van der Waals surface area contributed by atoms with Crippen molar-refractivity contribution in [3.05, 3.63) is 69.7 Å². The zero-order valence-electron chi connectivity index (χ0n) is 18.6. The topological polar surface area (TPSA) is 39.1 Å². The molecule has 1 atom stereocenters. The standard InChI is InChI=1S/C25H31ClN4O/c1-4-28-11-13-29(14-12-28)17-25(31)30-24(20-7-9-21(26)10-8-20)16-23(27-30)22-15-18(2)5-6-19(22)3/h5-10,15,24H,4,11-14,16-17H2,1-3H3/t24-/m1/s1. The molecule has 4 rings (SSSR count). The number of benzene rings is 2. The Bertz CT molecular complexity index is 964. The average Bonchev–Trinajstić information content (AvgIpc) is 3.22. The minimum atomic E-state index is -0.100. The van der Waals surface area contributed by atoms with E-state index in [1.807, 2.05) is 24.3 Å². The van der Waals surface area contributed by atoms with E-state index in [0.717, 1.165) is 49.6 Å². The van der Waals surface area contributed by atoms with Crippen molar-refractivity contribution >= 4 is 23.2 Å². The molecule has 2 aliphatic heterocycles. The molecule has 0 unspecified atom stereocenters. The van der Waals surface area contributed by atoms with Crippen LogP contribution in [0, 0.1) is 13.8 Å². The maximum Gasteiger partial charge on any atom is 0.257 e. The number of likely N-dealkylation sites (N-methyl/N-ethyl adjacent to an activating group) is 1. The second-order valence-electron chi connectivity index (χ2n) is 8.59. The Kier molecular flexibility index (Phi) is 6.75. The van der Waals surface area contributed by atoms with E-state index in [9.17, 15) is 4.79 Å². The minimum absolute atomic E-state index is 0.0604. The molecular weight excluding hydrogens is 408 g/mol. The van der Waals surface area contributed by atoms with Crippen molar-refractivity contribution < 1.29 is 4.79 Å². The molecule has 0 aliphatic carbocycles. The van der Waals surface area contributed by atoms with Crippen LogP contribution in [0.4, 0.5) is 0 Å². The van der Waals surface area contributed by atoms with Crippen LogP contribution in [-0.4, -0.2) is 65.7 Å². The van der Waals surface area contributed by atoms with Crippen LogP contribution in [0.25, 0.3) is 0 Å². The predicted octanol–water partition coefficient (Wildman–Crippen LogP) is 4.27. The van der Waals surface area contributed by atoms with Gasteiger partial charge in [0.1, 0.15) is 0 Å². The van der Waals surface area contributed by atoms with E-state index in [1.165, 1.54) is 11.1 Å². The zero-order chi connectivity index (χ0) is 22.0. The van der Waals surface area contributed by atoms with Gasteiger partial charge in [-0.2, -0.15) is 5.10 Å². The Labute approximate surface area is 190 Å². The summed E-state index contributed by atoms with van der Waals surface area (Å²) in [6.07, 6.45) is 0.710. The molecule has 2 heterocycles. The third-order valence-electron chi connectivity index (χ3n) is 6.40. The highest BCUT2D eigenvalue weighted by Crippen LogP contribution is 2.34. The van der Waals surface area contributed by atoms with Gasteiger partial charge >= 0.3 is 0 Å². The van der Waals surface area contributed by atoms with Gasteiger partial charge in [-0.1, -0.05) is 48.4 Å². The molecular formula is C25H31ClN4O. The van der Waals surface area contributed by atoms with Gasteiger partial charge in [0.05, 0.1) is 18.3 Å². The Morgan fingerprint density at radius 3 is 2.39 bits per heavy atom. The summed E-state index contributed by atoms with van der Waals surface area (Å²) in [6, 6.07) is 14.1. The molecule has 6 heteroatoms. The minimum Gasteiger partial charge on any atom is -0.301 e. The Balaban J connectivity index is 1.58. The maximum absolute atomic E-state index is 13.4. The number of hydrazone groups is 1. The van der Waals surface area contributed by atoms with Gasteiger partial charge in [-0.15, -0.1) is 0 Å². The molecule has 1 saturated heterocycles. The fourth-order valence-corrected chi connectivity index (χ4v) is 4.55. The van der Waals surface area contributed by atoms with Gasteiger partial charge in [-0.3, -0.25) is 9.69 Å². The lowest BCUT2D eigenvalue weighted by Crippen LogP contribution is -2.49. The first-order valence-electron chi connectivity index (χ1n) is 11.1. The number of hydrogen-bond acceptors (Lipinski definition) is 4. The molecule has 0 saturated carbocycles. The van der Waals surface area contributed by atoms with Crippen molar-refractivity contribution in [3.8, 4) is 0 Å². The SMILES string of the molecule is CCN1CCN(CC(=O)N2N=C(c3cc(C)ccc3C)C[C@@H]2c2ccc(Cl)cc2)CC1. The van der Waals surface area contributed by atoms with Crippen LogP contribution in [0.3, 0.4) is 0 Å². The first-order valence-corrected chi connectivity index (χ1v) is 11.5. The fraction of sp³-hybridized carbons (Fsp3) is 0.440. The normalized spacial score (nSPS) is 20.2. The average molecular weight is 439 g/mol. The molecule has 31 heavy (non-hydrogen) atoms. The quantitative estimate of drug-likeness (QED) is 0.699. The highest BCUT2D eigenvalue weighted by atomic mass is 35.5. The number of rotatable bonds is 5. The van der Waals surface area contributed by atoms with Crippen LogP contribution in [0.15, 0.2) is 47.6 Å². The van der Waals surface area contributed by atoms with Gasteiger partial charge < -0.3 is 4.90 Å². The van der Waals surface area contributed by atoms with Crippen molar-refractivity contribution in [2.75, 3.05) is 39.3 Å². The number of halogens is 1. The molecule has 0 bridgehead atoms. The lowest BCUT2D eigenvalue weighted by molar-refractivity contribution is -0.134. The highest BCUT2D eigenvalue weighted by molar-refractivity contribution is 6.30. The first-order chi connectivity index (χ1) is 14.9. The molecule has 1 fully saturated rings. The molecule has 164 valence electrons. The van der Waals surface area contributed by atoms with Gasteiger partial charge in [-0.05, 0) is 49.7 Å². The van der Waals surface area contributed by atoms with E-state index in [1.54, 1.807) is 5.01 Å². The van der Waals surface area contributed by atoms with Gasteiger partial charge in [0.25, 0.3) is 5.91 Å². The summed E-state index contributed by atoms with van der Waals surface area (Å²) in [5.41, 5.74) is 5.56. The van der Waals surface area contributed by atoms with Crippen molar-refractivity contribution in [1.82, 2.24) is 14.8 Å². The summed E-state index contributed by atoms with van der Waals surface area (Å²) in [4.78, 5) is 18.1. The van der Waals surface area contributed by atoms with E-state index in [0.29, 0.717) is 18.0 Å². The second-order valence-corrected chi connectivity index (χ2v) is 9.02. The molecule has 0 radical (unpaired) electrons. The summed E-state index contributed by atoms with van der Waals surface area (Å²) in [5.74, 6) is 0.0604. The van der Waals surface area contributed by atoms with Gasteiger partial charge in [0.15, 0.2) is 0 Å². The smallest absolute Gasteiger partial charge is 0.257 e. The number of hydrogen-bond donors (Lipinski definition) is 0. The van der Waals surface area contributed by atoms with Crippen LogP contribution in [0.1, 0.15) is 41.6 Å². The first kappa shape index (κ1) is 22.0. The van der Waals surface area contributed by atoms with E-state index in [2.05, 4.69) is 48.8 Å². The Morgan fingerprint density at radius 1 is 1.03 bits per heavy atom. The molecule has 0 N–H and O–H groups in total. The molecule has 2 aromatic rings. The van der Waals surface area contributed by atoms with Crippen molar-refractivity contribution in [3.63, 3.8) is 0 Å². The number of amides is 1. The maximum atomic E-state index is 13.4. The van der Waals surface area contributed by atoms with E-state index < -0.39 is 0 Å². The molecule has 2 aliphatic rings. The number of piperazine rings is 1. The summed E-state index contributed by atoms with van der Waals surface area (Å²) in [6.45, 7) is 11.7. The van der Waals surface area contributed by atoms with Crippen molar-refractivity contribution in [2.24, 2.45) is 5.10 Å². The third-order valence-corrected chi connectivity index (χ3v) is 6.65. The number of carbonyl (C=O) groups is 1. The largest absolute Gasteiger partial charge is 0.301 e. The summed E-state index contributed by atoms with van der Waals surface area (Å²) >= 11 is 6.11. The Morgan fingerprint density at radius 2 is 1.71 bits per heavy atom. The summed E-state index contributed by atoms with van der Waals surface area (Å²) in [7, 11) is 0. The lowest BCUT2D eigenvalue weighted by Gasteiger charge is -2.34. The van der Waals surface area contributed by atoms with Gasteiger partial charge in [0, 0.05) is 43.2 Å². The fourth-order valence-electron chi connectivity index (χ4n) is 4.42. The van der Waals surface area contributed by atoms with Crippen molar-refractivity contribution in [1.29, 1.82) is 0 Å². The number of aryl methyl sites for hydroxylation is 2. The zero-order valence-corrected chi connectivity index (χ0v) is 19.4. The molecule has 0 aromatic heterocycles. The molecule has 1 amide bonds. The molecule has 5 nitrogen and oxygen atoms in total. The van der Waals surface area contributed by atoms with Crippen LogP contribution < -0.4 is 0 Å². The molecule has 2 aromatic carbocycles. The van der Waals surface area contributed by atoms with E-state index in [4.69, 9.17) is 16.7 Å². The second kappa shape index (κ2) is 9.51. The van der Waals surface area contributed by atoms with Crippen LogP contribution in [0.5, 0.6) is 0 Å². The predicted molar refractivity (Wildman–Crippen MR) is 127 cm³/mol. The van der Waals surface area contributed by atoms with Crippen LogP contribution in [-0.2, 0) is 4.79 Å².